The molecule has 1 aliphatic rings. The number of anilines is 1. The van der Waals surface area contributed by atoms with Crippen molar-refractivity contribution < 1.29 is 13.9 Å². The Morgan fingerprint density at radius 3 is 2.85 bits per heavy atom. The molecule has 0 spiro atoms. The zero-order valence-corrected chi connectivity index (χ0v) is 16.5. The molecular weight excluding hydrogens is 437 g/mol. The maximum absolute atomic E-state index is 13.4. The van der Waals surface area contributed by atoms with Crippen molar-refractivity contribution in [2.75, 3.05) is 18.0 Å². The topological polar surface area (TPSA) is 94.2 Å². The summed E-state index contributed by atoms with van der Waals surface area (Å²) in [5, 5.41) is 0.226. The Labute approximate surface area is 166 Å². The van der Waals surface area contributed by atoms with E-state index >= 15 is 0 Å². The van der Waals surface area contributed by atoms with Crippen LogP contribution in [-0.4, -0.2) is 40.1 Å². The highest BCUT2D eigenvalue weighted by molar-refractivity contribution is 9.10. The Morgan fingerprint density at radius 2 is 2.11 bits per heavy atom. The van der Waals surface area contributed by atoms with Gasteiger partial charge in [0.05, 0.1) is 10.7 Å². The number of benzene rings is 1. The van der Waals surface area contributed by atoms with E-state index in [1.165, 1.54) is 12.1 Å². The standard InChI is InChI=1S/C17H15BrFN5O2S/c18-11-2-1-9(19)7-13(11)26-10-3-5-24(6-4-10)17-21-8-12-15(23-17)27-16(22-12)14(20)25/h1-2,7-8,10H,3-6H2,(H2,20,25). The van der Waals surface area contributed by atoms with Crippen LogP contribution in [0, 0.1) is 5.82 Å². The highest BCUT2D eigenvalue weighted by Crippen LogP contribution is 2.29. The molecule has 0 bridgehead atoms. The van der Waals surface area contributed by atoms with Crippen LogP contribution in [0.3, 0.4) is 0 Å². The number of nitrogens with two attached hydrogens (primary N) is 1. The summed E-state index contributed by atoms with van der Waals surface area (Å²) in [5.41, 5.74) is 5.83. The lowest BCUT2D eigenvalue weighted by Crippen LogP contribution is -2.39. The molecule has 1 saturated heterocycles. The van der Waals surface area contributed by atoms with Gasteiger partial charge in [0.15, 0.2) is 5.01 Å². The zero-order valence-electron chi connectivity index (χ0n) is 14.1. The fraction of sp³-hybridized carbons (Fsp3) is 0.294. The summed E-state index contributed by atoms with van der Waals surface area (Å²) < 4.78 is 20.1. The molecule has 3 heterocycles. The number of thiazole rings is 1. The van der Waals surface area contributed by atoms with Crippen LogP contribution in [0.25, 0.3) is 10.3 Å². The Kier molecular flexibility index (Phi) is 4.92. The minimum atomic E-state index is -0.568. The second-order valence-corrected chi connectivity index (χ2v) is 7.95. The number of nitrogens with zero attached hydrogens (tertiary/aromatic N) is 4. The van der Waals surface area contributed by atoms with Gasteiger partial charge >= 0.3 is 0 Å². The third-order valence-electron chi connectivity index (χ3n) is 4.26. The summed E-state index contributed by atoms with van der Waals surface area (Å²) in [6.07, 6.45) is 3.12. The Morgan fingerprint density at radius 1 is 1.33 bits per heavy atom. The number of halogens is 2. The van der Waals surface area contributed by atoms with Crippen molar-refractivity contribution in [3.63, 3.8) is 0 Å². The van der Waals surface area contributed by atoms with Crippen molar-refractivity contribution in [2.24, 2.45) is 5.73 Å². The lowest BCUT2D eigenvalue weighted by Gasteiger charge is -2.32. The number of carbonyl (C=O) groups is 1. The molecule has 0 unspecified atom stereocenters. The van der Waals surface area contributed by atoms with Crippen LogP contribution in [0.15, 0.2) is 28.9 Å². The van der Waals surface area contributed by atoms with Crippen molar-refractivity contribution in [2.45, 2.75) is 18.9 Å². The smallest absolute Gasteiger partial charge is 0.277 e. The summed E-state index contributed by atoms with van der Waals surface area (Å²) in [6, 6.07) is 4.40. The molecule has 0 aliphatic carbocycles. The zero-order chi connectivity index (χ0) is 19.0. The van der Waals surface area contributed by atoms with Crippen molar-refractivity contribution in [1.29, 1.82) is 0 Å². The summed E-state index contributed by atoms with van der Waals surface area (Å²) in [7, 11) is 0. The Balaban J connectivity index is 1.43. The molecule has 1 fully saturated rings. The average Bonchev–Trinajstić information content (AvgIpc) is 3.09. The van der Waals surface area contributed by atoms with E-state index in [9.17, 15) is 9.18 Å². The van der Waals surface area contributed by atoms with E-state index in [1.54, 1.807) is 12.3 Å². The third kappa shape index (κ3) is 3.86. The lowest BCUT2D eigenvalue weighted by molar-refractivity contribution is 0.1000. The molecule has 7 nitrogen and oxygen atoms in total. The largest absolute Gasteiger partial charge is 0.489 e. The second kappa shape index (κ2) is 7.35. The number of aromatic nitrogens is 3. The predicted octanol–water partition coefficient (Wildman–Crippen LogP) is 3.13. The van der Waals surface area contributed by atoms with Crippen LogP contribution in [0.2, 0.25) is 0 Å². The molecule has 4 rings (SSSR count). The summed E-state index contributed by atoms with van der Waals surface area (Å²) in [5.74, 6) is 0.204. The lowest BCUT2D eigenvalue weighted by atomic mass is 10.1. The van der Waals surface area contributed by atoms with Gasteiger partial charge in [-0.3, -0.25) is 4.79 Å². The first kappa shape index (κ1) is 18.1. The number of ether oxygens (including phenoxy) is 1. The highest BCUT2D eigenvalue weighted by Gasteiger charge is 2.23. The van der Waals surface area contributed by atoms with Crippen LogP contribution in [0.5, 0.6) is 5.75 Å². The number of amides is 1. The number of hydrogen-bond acceptors (Lipinski definition) is 7. The molecule has 10 heteroatoms. The minimum absolute atomic E-state index is 0.00653. The number of primary amides is 1. The molecule has 140 valence electrons. The minimum Gasteiger partial charge on any atom is -0.489 e. The summed E-state index contributed by atoms with van der Waals surface area (Å²) >= 11 is 4.54. The maximum Gasteiger partial charge on any atom is 0.277 e. The van der Waals surface area contributed by atoms with Gasteiger partial charge in [-0.15, -0.1) is 0 Å². The van der Waals surface area contributed by atoms with Crippen LogP contribution in [-0.2, 0) is 0 Å². The molecule has 0 atom stereocenters. The molecule has 1 amide bonds. The number of carbonyl (C=O) groups excluding carboxylic acids is 1. The van der Waals surface area contributed by atoms with E-state index in [-0.39, 0.29) is 16.9 Å². The van der Waals surface area contributed by atoms with Gasteiger partial charge in [-0.1, -0.05) is 11.3 Å². The molecule has 3 aromatic rings. The maximum atomic E-state index is 13.4. The van der Waals surface area contributed by atoms with Gasteiger partial charge in [0.25, 0.3) is 5.91 Å². The Hall–Kier alpha value is -2.33. The molecular formula is C17H15BrFN5O2S. The fourth-order valence-electron chi connectivity index (χ4n) is 2.91. The van der Waals surface area contributed by atoms with Crippen molar-refractivity contribution >= 4 is 49.5 Å². The average molecular weight is 452 g/mol. The van der Waals surface area contributed by atoms with Gasteiger partial charge in [0, 0.05) is 32.0 Å². The summed E-state index contributed by atoms with van der Waals surface area (Å²) in [6.45, 7) is 1.43. The highest BCUT2D eigenvalue weighted by atomic mass is 79.9. The molecule has 1 aliphatic heterocycles. The third-order valence-corrected chi connectivity index (χ3v) is 5.90. The SMILES string of the molecule is NC(=O)c1nc2cnc(N3CCC(Oc4cc(F)ccc4Br)CC3)nc2s1. The number of piperidine rings is 1. The van der Waals surface area contributed by atoms with E-state index in [0.29, 0.717) is 35.1 Å². The van der Waals surface area contributed by atoms with E-state index in [0.717, 1.165) is 28.7 Å². The van der Waals surface area contributed by atoms with E-state index < -0.39 is 5.91 Å². The van der Waals surface area contributed by atoms with Crippen LogP contribution >= 0.6 is 27.3 Å². The molecule has 2 N–H and O–H groups in total. The quantitative estimate of drug-likeness (QED) is 0.654. The van der Waals surface area contributed by atoms with Crippen LogP contribution < -0.4 is 15.4 Å². The second-order valence-electron chi connectivity index (χ2n) is 6.12. The molecule has 1 aromatic carbocycles. The van der Waals surface area contributed by atoms with Crippen LogP contribution in [0.4, 0.5) is 10.3 Å². The van der Waals surface area contributed by atoms with E-state index in [2.05, 4.69) is 35.8 Å². The van der Waals surface area contributed by atoms with Gasteiger partial charge in [-0.05, 0) is 28.1 Å². The van der Waals surface area contributed by atoms with Gasteiger partial charge in [-0.25, -0.2) is 19.3 Å². The normalized spacial score (nSPS) is 15.3. The van der Waals surface area contributed by atoms with E-state index in [4.69, 9.17) is 10.5 Å². The number of fused-ring (bicyclic) bond motifs is 1. The van der Waals surface area contributed by atoms with Gasteiger partial charge in [0.1, 0.15) is 28.0 Å². The van der Waals surface area contributed by atoms with Gasteiger partial charge < -0.3 is 15.4 Å². The van der Waals surface area contributed by atoms with Gasteiger partial charge in [-0.2, -0.15) is 0 Å². The van der Waals surface area contributed by atoms with E-state index in [1.807, 2.05) is 0 Å². The van der Waals surface area contributed by atoms with Crippen molar-refractivity contribution in [1.82, 2.24) is 15.0 Å². The number of hydrogen-bond donors (Lipinski definition) is 1. The monoisotopic (exact) mass is 451 g/mol. The Bertz CT molecular complexity index is 1010. The molecule has 2 aromatic heterocycles. The van der Waals surface area contributed by atoms with Gasteiger partial charge in [0.2, 0.25) is 5.95 Å². The molecule has 27 heavy (non-hydrogen) atoms. The fourth-order valence-corrected chi connectivity index (χ4v) is 4.00. The first-order valence-corrected chi connectivity index (χ1v) is 9.90. The van der Waals surface area contributed by atoms with Crippen molar-refractivity contribution in [3.8, 4) is 5.75 Å². The van der Waals surface area contributed by atoms with Crippen LogP contribution in [0.1, 0.15) is 22.6 Å². The summed E-state index contributed by atoms with van der Waals surface area (Å²) in [4.78, 5) is 26.9. The molecule has 0 radical (unpaired) electrons. The first-order chi connectivity index (χ1) is 13.0. The molecule has 0 saturated carbocycles. The van der Waals surface area contributed by atoms with Crippen molar-refractivity contribution in [3.05, 3.63) is 39.7 Å². The first-order valence-electron chi connectivity index (χ1n) is 8.29. The predicted molar refractivity (Wildman–Crippen MR) is 104 cm³/mol. The number of rotatable bonds is 4.